The van der Waals surface area contributed by atoms with E-state index in [4.69, 9.17) is 0 Å². The molecule has 2 N–H and O–H groups in total. The summed E-state index contributed by atoms with van der Waals surface area (Å²) in [6.45, 7) is 2.19. The van der Waals surface area contributed by atoms with Crippen LogP contribution in [0.15, 0.2) is 28.7 Å². The smallest absolute Gasteiger partial charge is 0.0351 e. The Hall–Kier alpha value is -0.540. The highest BCUT2D eigenvalue weighted by Crippen LogP contribution is 2.40. The Morgan fingerprint density at radius 2 is 2.12 bits per heavy atom. The zero-order valence-electron chi connectivity index (χ0n) is 9.72. The van der Waals surface area contributed by atoms with Gasteiger partial charge in [-0.25, -0.2) is 0 Å². The number of benzene rings is 1. The minimum atomic E-state index is 0.483. The van der Waals surface area contributed by atoms with Gasteiger partial charge in [-0.05, 0) is 38.1 Å². The van der Waals surface area contributed by atoms with E-state index in [1.54, 1.807) is 0 Å². The van der Waals surface area contributed by atoms with Gasteiger partial charge in [-0.2, -0.15) is 0 Å². The van der Waals surface area contributed by atoms with Crippen LogP contribution in [0.4, 0.5) is 5.69 Å². The molecule has 3 heteroatoms. The average Bonchev–Trinajstić information content (AvgIpc) is 2.22. The molecule has 2 rings (SSSR count). The molecular weight excluding hydrogens is 264 g/mol. The number of halogens is 1. The number of nitrogens with one attached hydrogen (secondary N) is 2. The maximum Gasteiger partial charge on any atom is 0.0351 e. The van der Waals surface area contributed by atoms with Gasteiger partial charge in [0.1, 0.15) is 0 Å². The molecule has 0 atom stereocenters. The first kappa shape index (κ1) is 11.9. The van der Waals surface area contributed by atoms with Crippen molar-refractivity contribution in [1.82, 2.24) is 5.32 Å². The van der Waals surface area contributed by atoms with Crippen LogP contribution in [0.1, 0.15) is 19.3 Å². The summed E-state index contributed by atoms with van der Waals surface area (Å²) in [6.07, 6.45) is 4.06. The van der Waals surface area contributed by atoms with Crippen molar-refractivity contribution >= 4 is 21.6 Å². The largest absolute Gasteiger partial charge is 0.384 e. The predicted molar refractivity (Wildman–Crippen MR) is 72.8 cm³/mol. The van der Waals surface area contributed by atoms with Crippen molar-refractivity contribution in [2.45, 2.75) is 19.3 Å². The standard InChI is InChI=1S/C13H19BrN2/c1-15-9-13(6-3-7-13)10-16-12-5-2-4-11(14)8-12/h2,4-5,8,15-16H,3,6-7,9-10H2,1H3. The van der Waals surface area contributed by atoms with E-state index < -0.39 is 0 Å². The Labute approximate surface area is 106 Å². The van der Waals surface area contributed by atoms with Crippen molar-refractivity contribution in [3.8, 4) is 0 Å². The van der Waals surface area contributed by atoms with Crippen molar-refractivity contribution in [2.24, 2.45) is 5.41 Å². The molecule has 1 aliphatic carbocycles. The van der Waals surface area contributed by atoms with Gasteiger partial charge in [0, 0.05) is 28.7 Å². The summed E-state index contributed by atoms with van der Waals surface area (Å²) in [5, 5.41) is 6.85. The number of anilines is 1. The summed E-state index contributed by atoms with van der Waals surface area (Å²) < 4.78 is 1.13. The lowest BCUT2D eigenvalue weighted by atomic mass is 9.68. The van der Waals surface area contributed by atoms with E-state index in [2.05, 4.69) is 50.8 Å². The van der Waals surface area contributed by atoms with Crippen molar-refractivity contribution < 1.29 is 0 Å². The van der Waals surface area contributed by atoms with Gasteiger partial charge >= 0.3 is 0 Å². The minimum absolute atomic E-state index is 0.483. The third-order valence-electron chi connectivity index (χ3n) is 3.46. The molecule has 16 heavy (non-hydrogen) atoms. The fourth-order valence-corrected chi connectivity index (χ4v) is 2.76. The Kier molecular flexibility index (Phi) is 3.87. The second kappa shape index (κ2) is 5.19. The summed E-state index contributed by atoms with van der Waals surface area (Å²) in [5.74, 6) is 0. The SMILES string of the molecule is CNCC1(CNc2cccc(Br)c2)CCC1. The quantitative estimate of drug-likeness (QED) is 0.866. The van der Waals surface area contributed by atoms with E-state index in [-0.39, 0.29) is 0 Å². The maximum absolute atomic E-state index is 3.54. The van der Waals surface area contributed by atoms with Gasteiger partial charge < -0.3 is 10.6 Å². The molecule has 0 saturated heterocycles. The molecule has 1 saturated carbocycles. The van der Waals surface area contributed by atoms with Crippen LogP contribution in [0.5, 0.6) is 0 Å². The molecule has 0 amide bonds. The van der Waals surface area contributed by atoms with Gasteiger partial charge in [0.2, 0.25) is 0 Å². The van der Waals surface area contributed by atoms with Crippen LogP contribution >= 0.6 is 15.9 Å². The van der Waals surface area contributed by atoms with E-state index in [1.165, 1.54) is 24.9 Å². The lowest BCUT2D eigenvalue weighted by molar-refractivity contribution is 0.151. The normalized spacial score (nSPS) is 17.9. The van der Waals surface area contributed by atoms with E-state index in [0.717, 1.165) is 17.6 Å². The summed E-state index contributed by atoms with van der Waals surface area (Å²) in [5.41, 5.74) is 1.69. The lowest BCUT2D eigenvalue weighted by Crippen LogP contribution is -2.44. The van der Waals surface area contributed by atoms with Crippen LogP contribution in [0.3, 0.4) is 0 Å². The lowest BCUT2D eigenvalue weighted by Gasteiger charge is -2.42. The molecule has 1 aromatic rings. The highest BCUT2D eigenvalue weighted by atomic mass is 79.9. The average molecular weight is 283 g/mol. The van der Waals surface area contributed by atoms with Crippen LogP contribution in [0.25, 0.3) is 0 Å². The van der Waals surface area contributed by atoms with Gasteiger partial charge in [0.15, 0.2) is 0 Å². The highest BCUT2D eigenvalue weighted by Gasteiger charge is 2.35. The number of hydrogen-bond acceptors (Lipinski definition) is 2. The molecule has 0 aromatic heterocycles. The fraction of sp³-hybridized carbons (Fsp3) is 0.538. The van der Waals surface area contributed by atoms with Gasteiger partial charge in [-0.1, -0.05) is 28.4 Å². The van der Waals surface area contributed by atoms with Crippen molar-refractivity contribution in [2.75, 3.05) is 25.5 Å². The Balaban J connectivity index is 1.91. The molecule has 0 heterocycles. The molecular formula is C13H19BrN2. The number of rotatable bonds is 5. The van der Waals surface area contributed by atoms with Crippen LogP contribution in [0.2, 0.25) is 0 Å². The zero-order chi connectivity index (χ0) is 11.4. The van der Waals surface area contributed by atoms with E-state index in [0.29, 0.717) is 5.41 Å². The van der Waals surface area contributed by atoms with E-state index in [1.807, 2.05) is 7.05 Å². The van der Waals surface area contributed by atoms with E-state index in [9.17, 15) is 0 Å². The molecule has 1 aromatic carbocycles. The second-order valence-corrected chi connectivity index (χ2v) is 5.66. The van der Waals surface area contributed by atoms with Crippen molar-refractivity contribution in [3.05, 3.63) is 28.7 Å². The Morgan fingerprint density at radius 1 is 1.31 bits per heavy atom. The third-order valence-corrected chi connectivity index (χ3v) is 3.95. The molecule has 0 radical (unpaired) electrons. The van der Waals surface area contributed by atoms with E-state index >= 15 is 0 Å². The van der Waals surface area contributed by atoms with Crippen molar-refractivity contribution in [1.29, 1.82) is 0 Å². The molecule has 0 unspecified atom stereocenters. The van der Waals surface area contributed by atoms with Gasteiger partial charge in [-0.15, -0.1) is 0 Å². The highest BCUT2D eigenvalue weighted by molar-refractivity contribution is 9.10. The van der Waals surface area contributed by atoms with Gasteiger partial charge in [-0.3, -0.25) is 0 Å². The molecule has 0 aliphatic heterocycles. The monoisotopic (exact) mass is 282 g/mol. The zero-order valence-corrected chi connectivity index (χ0v) is 11.3. The van der Waals surface area contributed by atoms with Crippen LogP contribution < -0.4 is 10.6 Å². The maximum atomic E-state index is 3.54. The minimum Gasteiger partial charge on any atom is -0.384 e. The predicted octanol–water partition coefficient (Wildman–Crippen LogP) is 3.25. The number of hydrogen-bond donors (Lipinski definition) is 2. The molecule has 0 spiro atoms. The fourth-order valence-electron chi connectivity index (χ4n) is 2.36. The third kappa shape index (κ3) is 2.77. The van der Waals surface area contributed by atoms with Crippen LogP contribution in [-0.4, -0.2) is 20.1 Å². The summed E-state index contributed by atoms with van der Waals surface area (Å²) in [7, 11) is 2.04. The first-order valence-electron chi connectivity index (χ1n) is 5.88. The first-order valence-corrected chi connectivity index (χ1v) is 6.67. The molecule has 1 fully saturated rings. The Morgan fingerprint density at radius 3 is 2.69 bits per heavy atom. The van der Waals surface area contributed by atoms with Crippen LogP contribution in [-0.2, 0) is 0 Å². The molecule has 2 nitrogen and oxygen atoms in total. The van der Waals surface area contributed by atoms with Gasteiger partial charge in [0.25, 0.3) is 0 Å². The first-order chi connectivity index (χ1) is 7.74. The topological polar surface area (TPSA) is 24.1 Å². The summed E-state index contributed by atoms with van der Waals surface area (Å²) >= 11 is 3.49. The Bertz CT molecular complexity index is 348. The molecule has 1 aliphatic rings. The van der Waals surface area contributed by atoms with Gasteiger partial charge in [0.05, 0.1) is 0 Å². The molecule has 0 bridgehead atoms. The van der Waals surface area contributed by atoms with Crippen LogP contribution in [0, 0.1) is 5.41 Å². The molecule has 88 valence electrons. The second-order valence-electron chi connectivity index (χ2n) is 4.75. The van der Waals surface area contributed by atoms with Crippen molar-refractivity contribution in [3.63, 3.8) is 0 Å². The summed E-state index contributed by atoms with van der Waals surface area (Å²) in [6, 6.07) is 8.37. The summed E-state index contributed by atoms with van der Waals surface area (Å²) in [4.78, 5) is 0.